The molecule has 1 fully saturated rings. The fourth-order valence-electron chi connectivity index (χ4n) is 3.06. The number of hydrogen-bond donors (Lipinski definition) is 2. The van der Waals surface area contributed by atoms with Crippen LogP contribution in [0.2, 0.25) is 0 Å². The fraction of sp³-hybridized carbons (Fsp3) is 0.444. The minimum absolute atomic E-state index is 0.0542. The van der Waals surface area contributed by atoms with Gasteiger partial charge in [0.2, 0.25) is 5.95 Å². The van der Waals surface area contributed by atoms with E-state index in [-0.39, 0.29) is 5.56 Å². The van der Waals surface area contributed by atoms with Crippen molar-refractivity contribution >= 4 is 5.95 Å². The molecule has 140 valence electrons. The van der Waals surface area contributed by atoms with Crippen LogP contribution in [0.15, 0.2) is 24.4 Å². The van der Waals surface area contributed by atoms with Crippen molar-refractivity contribution in [2.24, 2.45) is 5.92 Å². The first-order chi connectivity index (χ1) is 12.3. The van der Waals surface area contributed by atoms with Crippen LogP contribution in [0.5, 0.6) is 0 Å². The third-order valence-corrected chi connectivity index (χ3v) is 4.51. The Morgan fingerprint density at radius 1 is 1.27 bits per heavy atom. The lowest BCUT2D eigenvalue weighted by Crippen LogP contribution is -2.33. The summed E-state index contributed by atoms with van der Waals surface area (Å²) in [7, 11) is 0. The van der Waals surface area contributed by atoms with Gasteiger partial charge in [-0.3, -0.25) is 0 Å². The third kappa shape index (κ3) is 4.30. The molecule has 8 heteroatoms. The molecule has 0 spiro atoms. The highest BCUT2D eigenvalue weighted by Gasteiger charge is 2.31. The van der Waals surface area contributed by atoms with Crippen LogP contribution in [0, 0.1) is 18.7 Å². The molecule has 1 saturated heterocycles. The first kappa shape index (κ1) is 18.6. The summed E-state index contributed by atoms with van der Waals surface area (Å²) >= 11 is 0. The summed E-state index contributed by atoms with van der Waals surface area (Å²) in [6.45, 7) is 4.40. The molecular weight excluding hydrogens is 348 g/mol. The van der Waals surface area contributed by atoms with Crippen LogP contribution < -0.4 is 10.6 Å². The quantitative estimate of drug-likeness (QED) is 0.801. The lowest BCUT2D eigenvalue weighted by Gasteiger charge is -2.23. The van der Waals surface area contributed by atoms with Gasteiger partial charge in [0, 0.05) is 23.9 Å². The Balaban J connectivity index is 1.75. The Morgan fingerprint density at radius 3 is 2.69 bits per heavy atom. The standard InChI is InChI=1S/C18H20F4N4/c1-11-15(14-5-4-13(7-16(14)19)18(20,21)22)10-25-17(26-11)24-9-12-3-2-6-23-8-12/h4-5,7,10,12,23H,2-3,6,8-9H2,1H3,(H,24,25,26)/t12-/m0/s1. The van der Waals surface area contributed by atoms with Crippen LogP contribution in [-0.4, -0.2) is 29.6 Å². The maximum Gasteiger partial charge on any atom is 0.416 e. The number of nitrogens with one attached hydrogen (secondary N) is 2. The molecule has 0 amide bonds. The zero-order valence-corrected chi connectivity index (χ0v) is 14.3. The zero-order chi connectivity index (χ0) is 18.7. The van der Waals surface area contributed by atoms with Crippen LogP contribution in [0.1, 0.15) is 24.1 Å². The number of halogens is 4. The molecule has 1 aliphatic heterocycles. The van der Waals surface area contributed by atoms with Crippen molar-refractivity contribution in [3.05, 3.63) is 41.5 Å². The first-order valence-electron chi connectivity index (χ1n) is 8.50. The van der Waals surface area contributed by atoms with E-state index in [0.29, 0.717) is 29.2 Å². The summed E-state index contributed by atoms with van der Waals surface area (Å²) in [5.41, 5.74) is -0.0840. The van der Waals surface area contributed by atoms with E-state index in [4.69, 9.17) is 0 Å². The Kier molecular flexibility index (Phi) is 5.41. The summed E-state index contributed by atoms with van der Waals surface area (Å²) in [5, 5.41) is 6.50. The molecular formula is C18H20F4N4. The van der Waals surface area contributed by atoms with Gasteiger partial charge in [-0.15, -0.1) is 0 Å². The lowest BCUT2D eigenvalue weighted by molar-refractivity contribution is -0.137. The van der Waals surface area contributed by atoms with Gasteiger partial charge in [0.15, 0.2) is 0 Å². The number of piperidine rings is 1. The van der Waals surface area contributed by atoms with Gasteiger partial charge in [0.05, 0.1) is 11.3 Å². The van der Waals surface area contributed by atoms with E-state index in [1.54, 1.807) is 6.92 Å². The minimum atomic E-state index is -4.58. The smallest absolute Gasteiger partial charge is 0.354 e. The van der Waals surface area contributed by atoms with Crippen molar-refractivity contribution in [2.45, 2.75) is 25.9 Å². The van der Waals surface area contributed by atoms with Crippen LogP contribution in [-0.2, 0) is 6.18 Å². The number of aryl methyl sites for hydroxylation is 1. The Bertz CT molecular complexity index is 770. The molecule has 0 radical (unpaired) electrons. The van der Waals surface area contributed by atoms with Gasteiger partial charge >= 0.3 is 6.18 Å². The monoisotopic (exact) mass is 368 g/mol. The second-order valence-corrected chi connectivity index (χ2v) is 6.48. The van der Waals surface area contributed by atoms with E-state index in [1.807, 2.05) is 0 Å². The molecule has 26 heavy (non-hydrogen) atoms. The molecule has 0 aliphatic carbocycles. The molecule has 1 aromatic heterocycles. The molecule has 1 aromatic carbocycles. The molecule has 0 unspecified atom stereocenters. The molecule has 2 aromatic rings. The largest absolute Gasteiger partial charge is 0.416 e. The van der Waals surface area contributed by atoms with Crippen molar-refractivity contribution in [1.29, 1.82) is 0 Å². The van der Waals surface area contributed by atoms with Gasteiger partial charge in [-0.2, -0.15) is 13.2 Å². The van der Waals surface area contributed by atoms with Crippen molar-refractivity contribution in [2.75, 3.05) is 25.0 Å². The van der Waals surface area contributed by atoms with Gasteiger partial charge in [0.25, 0.3) is 0 Å². The number of nitrogens with zero attached hydrogens (tertiary/aromatic N) is 2. The highest BCUT2D eigenvalue weighted by atomic mass is 19.4. The summed E-state index contributed by atoms with van der Waals surface area (Å²) in [6.07, 6.45) is -0.867. The van der Waals surface area contributed by atoms with E-state index in [0.717, 1.165) is 44.6 Å². The lowest BCUT2D eigenvalue weighted by atomic mass is 10.00. The number of rotatable bonds is 4. The molecule has 0 saturated carbocycles. The maximum absolute atomic E-state index is 14.2. The molecule has 0 bridgehead atoms. The van der Waals surface area contributed by atoms with Crippen molar-refractivity contribution < 1.29 is 17.6 Å². The van der Waals surface area contributed by atoms with Gasteiger partial charge in [-0.1, -0.05) is 6.07 Å². The van der Waals surface area contributed by atoms with E-state index in [1.165, 1.54) is 6.20 Å². The summed E-state index contributed by atoms with van der Waals surface area (Å²) in [5.74, 6) is -0.00986. The van der Waals surface area contributed by atoms with Gasteiger partial charge in [0.1, 0.15) is 5.82 Å². The highest BCUT2D eigenvalue weighted by Crippen LogP contribution is 2.33. The van der Waals surface area contributed by atoms with E-state index < -0.39 is 17.6 Å². The summed E-state index contributed by atoms with van der Waals surface area (Å²) < 4.78 is 52.2. The second-order valence-electron chi connectivity index (χ2n) is 6.48. The molecule has 1 aliphatic rings. The van der Waals surface area contributed by atoms with Crippen molar-refractivity contribution in [3.8, 4) is 11.1 Å². The van der Waals surface area contributed by atoms with Crippen molar-refractivity contribution in [3.63, 3.8) is 0 Å². The molecule has 4 nitrogen and oxygen atoms in total. The average Bonchev–Trinajstić information content (AvgIpc) is 2.60. The van der Waals surface area contributed by atoms with Gasteiger partial charge in [-0.05, 0) is 50.9 Å². The van der Waals surface area contributed by atoms with Crippen LogP contribution in [0.25, 0.3) is 11.1 Å². The SMILES string of the molecule is Cc1nc(NC[C@H]2CCCNC2)ncc1-c1ccc(C(F)(F)F)cc1F. The number of alkyl halides is 3. The van der Waals surface area contributed by atoms with Gasteiger partial charge in [-0.25, -0.2) is 14.4 Å². The second kappa shape index (κ2) is 7.57. The van der Waals surface area contributed by atoms with E-state index in [2.05, 4.69) is 20.6 Å². The molecule has 2 heterocycles. The van der Waals surface area contributed by atoms with Gasteiger partial charge < -0.3 is 10.6 Å². The molecule has 3 rings (SSSR count). The fourth-order valence-corrected chi connectivity index (χ4v) is 3.06. The normalized spacial score (nSPS) is 18.0. The summed E-state index contributed by atoms with van der Waals surface area (Å²) in [4.78, 5) is 8.50. The summed E-state index contributed by atoms with van der Waals surface area (Å²) in [6, 6.07) is 2.47. The Labute approximate surface area is 149 Å². The Hall–Kier alpha value is -2.22. The van der Waals surface area contributed by atoms with Crippen LogP contribution in [0.3, 0.4) is 0 Å². The minimum Gasteiger partial charge on any atom is -0.354 e. The number of benzene rings is 1. The first-order valence-corrected chi connectivity index (χ1v) is 8.50. The average molecular weight is 368 g/mol. The topological polar surface area (TPSA) is 49.8 Å². The number of anilines is 1. The van der Waals surface area contributed by atoms with Crippen molar-refractivity contribution in [1.82, 2.24) is 15.3 Å². The Morgan fingerprint density at radius 2 is 2.08 bits per heavy atom. The predicted octanol–water partition coefficient (Wildman–Crippen LogP) is 4.02. The predicted molar refractivity (Wildman–Crippen MR) is 91.2 cm³/mol. The van der Waals surface area contributed by atoms with E-state index >= 15 is 0 Å². The zero-order valence-electron chi connectivity index (χ0n) is 14.3. The highest BCUT2D eigenvalue weighted by molar-refractivity contribution is 5.66. The van der Waals surface area contributed by atoms with E-state index in [9.17, 15) is 17.6 Å². The van der Waals surface area contributed by atoms with Crippen LogP contribution in [0.4, 0.5) is 23.5 Å². The number of aromatic nitrogens is 2. The van der Waals surface area contributed by atoms with Crippen LogP contribution >= 0.6 is 0 Å². The number of hydrogen-bond acceptors (Lipinski definition) is 4. The molecule has 2 N–H and O–H groups in total. The third-order valence-electron chi connectivity index (χ3n) is 4.51. The molecule has 1 atom stereocenters. The maximum atomic E-state index is 14.2.